The first-order valence-corrected chi connectivity index (χ1v) is 6.10. The summed E-state index contributed by atoms with van der Waals surface area (Å²) in [6, 6.07) is 11.8. The Labute approximate surface area is 108 Å². The fraction of sp³-hybridized carbons (Fsp3) is 0.250. The molecule has 0 heterocycles. The van der Waals surface area contributed by atoms with Crippen LogP contribution in [0.1, 0.15) is 33.9 Å². The zero-order valence-corrected chi connectivity index (χ0v) is 11.1. The van der Waals surface area contributed by atoms with Gasteiger partial charge >= 0.3 is 0 Å². The van der Waals surface area contributed by atoms with Crippen molar-refractivity contribution < 1.29 is 5.11 Å². The fourth-order valence-electron chi connectivity index (χ4n) is 2.10. The van der Waals surface area contributed by atoms with Gasteiger partial charge in [-0.05, 0) is 49.1 Å². The summed E-state index contributed by atoms with van der Waals surface area (Å²) in [5.74, 6) is 0. The number of aliphatic hydroxyl groups is 1. The highest BCUT2D eigenvalue weighted by Gasteiger charge is 2.13. The number of hydrogen-bond donors (Lipinski definition) is 2. The Bertz CT molecular complexity index is 575. The molecule has 0 unspecified atom stereocenters. The minimum atomic E-state index is -0.593. The first-order valence-electron chi connectivity index (χ1n) is 6.10. The number of anilines is 1. The lowest BCUT2D eigenvalue weighted by molar-refractivity contribution is 0.219. The summed E-state index contributed by atoms with van der Waals surface area (Å²) in [6.45, 7) is 6.00. The van der Waals surface area contributed by atoms with Crippen LogP contribution in [0.3, 0.4) is 0 Å². The molecule has 2 heteroatoms. The fourth-order valence-corrected chi connectivity index (χ4v) is 2.10. The predicted octanol–water partition coefficient (Wildman–Crippen LogP) is 3.28. The van der Waals surface area contributed by atoms with Crippen molar-refractivity contribution in [2.45, 2.75) is 26.9 Å². The van der Waals surface area contributed by atoms with Gasteiger partial charge in [0.15, 0.2) is 0 Å². The van der Waals surface area contributed by atoms with Crippen molar-refractivity contribution in [3.8, 4) is 0 Å². The molecule has 0 spiro atoms. The normalized spacial score (nSPS) is 12.4. The molecule has 2 rings (SSSR count). The van der Waals surface area contributed by atoms with Gasteiger partial charge < -0.3 is 10.8 Å². The van der Waals surface area contributed by atoms with Gasteiger partial charge in [-0.1, -0.05) is 35.9 Å². The Hall–Kier alpha value is -1.80. The third kappa shape index (κ3) is 2.39. The summed E-state index contributed by atoms with van der Waals surface area (Å²) in [5.41, 5.74) is 11.6. The number of nitrogen functional groups attached to an aromatic ring is 1. The molecule has 0 saturated heterocycles. The molecule has 0 aliphatic rings. The predicted molar refractivity (Wildman–Crippen MR) is 75.6 cm³/mol. The third-order valence-corrected chi connectivity index (χ3v) is 3.34. The molecule has 0 aromatic heterocycles. The summed E-state index contributed by atoms with van der Waals surface area (Å²) >= 11 is 0. The molecule has 18 heavy (non-hydrogen) atoms. The highest BCUT2D eigenvalue weighted by atomic mass is 16.3. The lowest BCUT2D eigenvalue weighted by Gasteiger charge is -2.16. The quantitative estimate of drug-likeness (QED) is 0.793. The lowest BCUT2D eigenvalue weighted by atomic mass is 9.95. The van der Waals surface area contributed by atoms with Gasteiger partial charge in [0.2, 0.25) is 0 Å². The minimum absolute atomic E-state index is 0.593. The van der Waals surface area contributed by atoms with E-state index in [0.29, 0.717) is 0 Å². The van der Waals surface area contributed by atoms with Crippen LogP contribution in [-0.2, 0) is 0 Å². The molecule has 3 N–H and O–H groups in total. The highest BCUT2D eigenvalue weighted by Crippen LogP contribution is 2.27. The molecular formula is C16H19NO. The van der Waals surface area contributed by atoms with E-state index < -0.39 is 6.10 Å². The number of hydrogen-bond acceptors (Lipinski definition) is 2. The second kappa shape index (κ2) is 4.83. The van der Waals surface area contributed by atoms with Crippen molar-refractivity contribution in [3.05, 3.63) is 64.2 Å². The molecule has 0 radical (unpaired) electrons. The average molecular weight is 241 g/mol. The smallest absolute Gasteiger partial charge is 0.104 e. The lowest BCUT2D eigenvalue weighted by Crippen LogP contribution is -2.03. The summed E-state index contributed by atoms with van der Waals surface area (Å²) in [6.07, 6.45) is -0.593. The van der Waals surface area contributed by atoms with Crippen LogP contribution in [0.5, 0.6) is 0 Å². The van der Waals surface area contributed by atoms with Crippen LogP contribution in [0.2, 0.25) is 0 Å². The van der Waals surface area contributed by atoms with E-state index in [-0.39, 0.29) is 0 Å². The molecule has 2 aromatic rings. The molecule has 0 saturated carbocycles. The Morgan fingerprint density at radius 1 is 0.944 bits per heavy atom. The van der Waals surface area contributed by atoms with Crippen LogP contribution in [0.15, 0.2) is 36.4 Å². The molecule has 2 aromatic carbocycles. The van der Waals surface area contributed by atoms with Crippen molar-refractivity contribution in [2.24, 2.45) is 0 Å². The molecule has 0 amide bonds. The van der Waals surface area contributed by atoms with Crippen molar-refractivity contribution in [2.75, 3.05) is 5.73 Å². The van der Waals surface area contributed by atoms with E-state index in [1.54, 1.807) is 0 Å². The molecule has 0 aliphatic heterocycles. The SMILES string of the molecule is Cc1ccc(C)c([C@H](O)c2ccc(N)c(C)c2)c1. The van der Waals surface area contributed by atoms with E-state index in [1.807, 2.05) is 51.1 Å². The largest absolute Gasteiger partial charge is 0.399 e. The maximum absolute atomic E-state index is 10.5. The third-order valence-electron chi connectivity index (χ3n) is 3.34. The van der Waals surface area contributed by atoms with Gasteiger partial charge in [0.1, 0.15) is 6.10 Å². The van der Waals surface area contributed by atoms with Gasteiger partial charge in [0, 0.05) is 5.69 Å². The Morgan fingerprint density at radius 2 is 1.67 bits per heavy atom. The van der Waals surface area contributed by atoms with E-state index in [2.05, 4.69) is 6.07 Å². The van der Waals surface area contributed by atoms with Gasteiger partial charge in [-0.15, -0.1) is 0 Å². The van der Waals surface area contributed by atoms with Crippen molar-refractivity contribution in [1.29, 1.82) is 0 Å². The Morgan fingerprint density at radius 3 is 2.33 bits per heavy atom. The number of aryl methyl sites for hydroxylation is 3. The van der Waals surface area contributed by atoms with E-state index in [0.717, 1.165) is 33.5 Å². The molecule has 0 bridgehead atoms. The maximum atomic E-state index is 10.5. The van der Waals surface area contributed by atoms with Crippen molar-refractivity contribution in [3.63, 3.8) is 0 Å². The number of rotatable bonds is 2. The second-order valence-corrected chi connectivity index (χ2v) is 4.88. The topological polar surface area (TPSA) is 46.2 Å². The molecule has 0 fully saturated rings. The number of aliphatic hydroxyl groups excluding tert-OH is 1. The summed E-state index contributed by atoms with van der Waals surface area (Å²) in [5, 5.41) is 10.5. The molecule has 94 valence electrons. The Kier molecular flexibility index (Phi) is 3.39. The van der Waals surface area contributed by atoms with E-state index >= 15 is 0 Å². The van der Waals surface area contributed by atoms with Gasteiger partial charge in [0.25, 0.3) is 0 Å². The molecule has 0 aliphatic carbocycles. The van der Waals surface area contributed by atoms with Crippen LogP contribution in [-0.4, -0.2) is 5.11 Å². The Balaban J connectivity index is 2.44. The van der Waals surface area contributed by atoms with Crippen LogP contribution in [0, 0.1) is 20.8 Å². The molecule has 1 atom stereocenters. The van der Waals surface area contributed by atoms with Gasteiger partial charge in [-0.3, -0.25) is 0 Å². The average Bonchev–Trinajstić information content (AvgIpc) is 2.35. The minimum Gasteiger partial charge on any atom is -0.399 e. The zero-order chi connectivity index (χ0) is 13.3. The van der Waals surface area contributed by atoms with Crippen molar-refractivity contribution in [1.82, 2.24) is 0 Å². The highest BCUT2D eigenvalue weighted by molar-refractivity contribution is 5.49. The second-order valence-electron chi connectivity index (χ2n) is 4.88. The molecular weight excluding hydrogens is 222 g/mol. The first kappa shape index (κ1) is 12.7. The first-order chi connectivity index (χ1) is 8.49. The monoisotopic (exact) mass is 241 g/mol. The summed E-state index contributed by atoms with van der Waals surface area (Å²) in [7, 11) is 0. The summed E-state index contributed by atoms with van der Waals surface area (Å²) in [4.78, 5) is 0. The van der Waals surface area contributed by atoms with Crippen LogP contribution in [0.4, 0.5) is 5.69 Å². The van der Waals surface area contributed by atoms with Crippen LogP contribution in [0.25, 0.3) is 0 Å². The van der Waals surface area contributed by atoms with Crippen molar-refractivity contribution >= 4 is 5.69 Å². The van der Waals surface area contributed by atoms with Crippen LogP contribution < -0.4 is 5.73 Å². The number of nitrogens with two attached hydrogens (primary N) is 1. The van der Waals surface area contributed by atoms with Crippen LogP contribution >= 0.6 is 0 Å². The number of benzene rings is 2. The van der Waals surface area contributed by atoms with Gasteiger partial charge in [-0.25, -0.2) is 0 Å². The van der Waals surface area contributed by atoms with E-state index in [4.69, 9.17) is 5.73 Å². The molecule has 2 nitrogen and oxygen atoms in total. The van der Waals surface area contributed by atoms with Gasteiger partial charge in [0.05, 0.1) is 0 Å². The van der Waals surface area contributed by atoms with Gasteiger partial charge in [-0.2, -0.15) is 0 Å². The van der Waals surface area contributed by atoms with E-state index in [1.165, 1.54) is 0 Å². The van der Waals surface area contributed by atoms with E-state index in [9.17, 15) is 5.11 Å². The zero-order valence-electron chi connectivity index (χ0n) is 11.1. The standard InChI is InChI=1S/C16H19NO/c1-10-4-5-11(2)14(8-10)16(18)13-6-7-15(17)12(3)9-13/h4-9,16,18H,17H2,1-3H3/t16-/m1/s1. The summed E-state index contributed by atoms with van der Waals surface area (Å²) < 4.78 is 0. The maximum Gasteiger partial charge on any atom is 0.104 e.